The summed E-state index contributed by atoms with van der Waals surface area (Å²) in [5.41, 5.74) is 5.57. The number of hydrogen-bond acceptors (Lipinski definition) is 6. The second-order valence-corrected chi connectivity index (χ2v) is 8.05. The van der Waals surface area contributed by atoms with Crippen molar-refractivity contribution in [2.45, 2.75) is 20.0 Å². The molecular weight excluding hydrogens is 386 g/mol. The lowest BCUT2D eigenvalue weighted by Crippen LogP contribution is -2.37. The number of amides is 1. The number of carbonyl (C=O) groups is 1. The smallest absolute Gasteiger partial charge is 0.265 e. The zero-order chi connectivity index (χ0) is 20.1. The first-order chi connectivity index (χ1) is 14.0. The predicted molar refractivity (Wildman–Crippen MR) is 113 cm³/mol. The summed E-state index contributed by atoms with van der Waals surface area (Å²) < 4.78 is 5.24. The van der Waals surface area contributed by atoms with E-state index < -0.39 is 6.17 Å². The molecule has 4 aromatic rings. The lowest BCUT2D eigenvalue weighted by molar-refractivity contribution is 0.0940. The molecule has 3 aromatic heterocycles. The molecule has 7 nitrogen and oxygen atoms in total. The predicted octanol–water partition coefficient (Wildman–Crippen LogP) is 4.17. The van der Waals surface area contributed by atoms with E-state index >= 15 is 0 Å². The number of nitrogens with zero attached hydrogens (tertiary/aromatic N) is 2. The van der Waals surface area contributed by atoms with Gasteiger partial charge in [0.25, 0.3) is 5.91 Å². The van der Waals surface area contributed by atoms with Crippen LogP contribution < -0.4 is 15.4 Å². The quantitative estimate of drug-likeness (QED) is 0.476. The maximum Gasteiger partial charge on any atom is 0.265 e. The average molecular weight is 405 g/mol. The van der Waals surface area contributed by atoms with Crippen LogP contribution in [0.25, 0.3) is 21.5 Å². The lowest BCUT2D eigenvalue weighted by atomic mass is 10.0. The molecule has 5 rings (SSSR count). The first-order valence-electron chi connectivity index (χ1n) is 9.21. The number of aromatic nitrogens is 3. The van der Waals surface area contributed by atoms with Gasteiger partial charge < -0.3 is 15.4 Å². The molecule has 29 heavy (non-hydrogen) atoms. The Hall–Kier alpha value is -3.39. The molecule has 0 fully saturated rings. The molecule has 0 saturated carbocycles. The van der Waals surface area contributed by atoms with E-state index in [1.165, 1.54) is 11.3 Å². The molecule has 146 valence electrons. The Bertz CT molecular complexity index is 1240. The fourth-order valence-electron chi connectivity index (χ4n) is 3.78. The van der Waals surface area contributed by atoms with Crippen LogP contribution in [0.2, 0.25) is 0 Å². The third-order valence-corrected chi connectivity index (χ3v) is 6.20. The van der Waals surface area contributed by atoms with E-state index in [0.29, 0.717) is 4.88 Å². The number of benzene rings is 1. The molecule has 0 saturated heterocycles. The summed E-state index contributed by atoms with van der Waals surface area (Å²) in [6, 6.07) is 9.76. The number of hydrogen-bond donors (Lipinski definition) is 3. The van der Waals surface area contributed by atoms with E-state index in [9.17, 15) is 4.79 Å². The van der Waals surface area contributed by atoms with Gasteiger partial charge in [-0.25, -0.2) is 4.98 Å². The van der Waals surface area contributed by atoms with Crippen molar-refractivity contribution in [3.8, 4) is 17.0 Å². The van der Waals surface area contributed by atoms with Gasteiger partial charge in [0.05, 0.1) is 24.7 Å². The normalized spacial score (nSPS) is 15.7. The topological polar surface area (TPSA) is 91.9 Å². The Labute approximate surface area is 171 Å². The van der Waals surface area contributed by atoms with Crippen LogP contribution >= 0.6 is 11.3 Å². The summed E-state index contributed by atoms with van der Waals surface area (Å²) in [6.45, 7) is 4.02. The zero-order valence-corrected chi connectivity index (χ0v) is 17.0. The Balaban J connectivity index is 1.57. The van der Waals surface area contributed by atoms with Gasteiger partial charge in [-0.1, -0.05) is 0 Å². The van der Waals surface area contributed by atoms with Crippen molar-refractivity contribution in [1.82, 2.24) is 20.5 Å². The minimum atomic E-state index is -0.399. The number of anilines is 1. The molecule has 0 aliphatic carbocycles. The van der Waals surface area contributed by atoms with E-state index in [1.54, 1.807) is 13.3 Å². The Morgan fingerprint density at radius 2 is 1.93 bits per heavy atom. The number of aromatic amines is 1. The molecule has 1 aromatic carbocycles. The van der Waals surface area contributed by atoms with Crippen LogP contribution in [0.5, 0.6) is 5.75 Å². The van der Waals surface area contributed by atoms with Crippen molar-refractivity contribution in [2.75, 3.05) is 12.4 Å². The van der Waals surface area contributed by atoms with Crippen LogP contribution in [0, 0.1) is 13.8 Å². The molecule has 1 aliphatic rings. The third-order valence-electron chi connectivity index (χ3n) is 5.12. The summed E-state index contributed by atoms with van der Waals surface area (Å²) >= 11 is 1.42. The van der Waals surface area contributed by atoms with E-state index in [1.807, 2.05) is 44.2 Å². The lowest BCUT2D eigenvalue weighted by Gasteiger charge is -2.26. The monoisotopic (exact) mass is 405 g/mol. The van der Waals surface area contributed by atoms with Gasteiger partial charge in [-0.15, -0.1) is 11.3 Å². The molecule has 1 amide bonds. The second kappa shape index (κ2) is 6.59. The maximum absolute atomic E-state index is 12.9. The molecular formula is C21H19N5O2S. The number of methoxy groups -OCH3 is 1. The first-order valence-corrected chi connectivity index (χ1v) is 10.0. The highest BCUT2D eigenvalue weighted by molar-refractivity contribution is 7.21. The number of nitrogens with one attached hydrogen (secondary N) is 3. The van der Waals surface area contributed by atoms with Gasteiger partial charge >= 0.3 is 0 Å². The number of carbonyl (C=O) groups excluding carboxylic acids is 1. The van der Waals surface area contributed by atoms with Crippen molar-refractivity contribution in [3.63, 3.8) is 0 Å². The van der Waals surface area contributed by atoms with Crippen molar-refractivity contribution >= 4 is 33.1 Å². The number of thiophene rings is 1. The number of ether oxygens (including phenoxy) is 1. The van der Waals surface area contributed by atoms with Crippen molar-refractivity contribution in [2.24, 2.45) is 0 Å². The third kappa shape index (κ3) is 2.84. The van der Waals surface area contributed by atoms with E-state index in [4.69, 9.17) is 4.74 Å². The van der Waals surface area contributed by atoms with Crippen LogP contribution in [0.3, 0.4) is 0 Å². The van der Waals surface area contributed by atoms with Gasteiger partial charge in [0.15, 0.2) is 0 Å². The molecule has 8 heteroatoms. The van der Waals surface area contributed by atoms with Crippen LogP contribution in [0.4, 0.5) is 5.69 Å². The zero-order valence-electron chi connectivity index (χ0n) is 16.2. The van der Waals surface area contributed by atoms with E-state index in [0.717, 1.165) is 49.7 Å². The average Bonchev–Trinajstić information content (AvgIpc) is 3.33. The van der Waals surface area contributed by atoms with Crippen LogP contribution in [-0.4, -0.2) is 28.2 Å². The van der Waals surface area contributed by atoms with Crippen LogP contribution in [0.1, 0.15) is 32.7 Å². The molecule has 4 heterocycles. The summed E-state index contributed by atoms with van der Waals surface area (Å²) in [4.78, 5) is 19.0. The highest BCUT2D eigenvalue weighted by atomic mass is 32.1. The number of fused-ring (bicyclic) bond motifs is 3. The van der Waals surface area contributed by atoms with Crippen LogP contribution in [-0.2, 0) is 0 Å². The standard InChI is InChI=1S/C21H19N5O2S/c1-10-8-11(2)23-21-15(10)17-18(29-21)20(27)25-19(24-17)14-9-22-26-16(14)12-4-6-13(28-3)7-5-12/h4-9,19,24H,1-3H3,(H,22,26)(H,25,27)/t19-/m0/s1. The van der Waals surface area contributed by atoms with Gasteiger partial charge in [-0.2, -0.15) is 5.10 Å². The number of H-pyrrole nitrogens is 1. The summed E-state index contributed by atoms with van der Waals surface area (Å²) in [5, 5.41) is 14.8. The van der Waals surface area contributed by atoms with Crippen molar-refractivity contribution in [3.05, 3.63) is 58.2 Å². The highest BCUT2D eigenvalue weighted by Gasteiger charge is 2.31. The Morgan fingerprint density at radius 3 is 2.69 bits per heavy atom. The van der Waals surface area contributed by atoms with Crippen LogP contribution in [0.15, 0.2) is 36.5 Å². The van der Waals surface area contributed by atoms with E-state index in [-0.39, 0.29) is 5.91 Å². The second-order valence-electron chi connectivity index (χ2n) is 7.05. The molecule has 0 bridgehead atoms. The fraction of sp³-hybridized carbons (Fsp3) is 0.190. The Morgan fingerprint density at radius 1 is 1.14 bits per heavy atom. The molecule has 1 atom stereocenters. The fourth-order valence-corrected chi connectivity index (χ4v) is 4.94. The number of aryl methyl sites for hydroxylation is 2. The van der Waals surface area contributed by atoms with E-state index in [2.05, 4.69) is 25.8 Å². The van der Waals surface area contributed by atoms with Gasteiger partial charge in [-0.05, 0) is 49.7 Å². The highest BCUT2D eigenvalue weighted by Crippen LogP contribution is 2.41. The summed E-state index contributed by atoms with van der Waals surface area (Å²) in [6.07, 6.45) is 1.34. The van der Waals surface area contributed by atoms with Gasteiger partial charge in [0.1, 0.15) is 21.6 Å². The Kier molecular flexibility index (Phi) is 4.02. The van der Waals surface area contributed by atoms with Gasteiger partial charge in [-0.3, -0.25) is 9.89 Å². The molecule has 0 spiro atoms. The molecule has 3 N–H and O–H groups in total. The van der Waals surface area contributed by atoms with Crippen molar-refractivity contribution < 1.29 is 9.53 Å². The van der Waals surface area contributed by atoms with Crippen molar-refractivity contribution in [1.29, 1.82) is 0 Å². The molecule has 1 aliphatic heterocycles. The maximum atomic E-state index is 12.9. The SMILES string of the molecule is COc1ccc(-c2[nH]ncc2[C@@H]2NC(=O)c3sc4nc(C)cc(C)c4c3N2)cc1. The van der Waals surface area contributed by atoms with Gasteiger partial charge in [0.2, 0.25) is 0 Å². The summed E-state index contributed by atoms with van der Waals surface area (Å²) in [5.74, 6) is 0.678. The minimum Gasteiger partial charge on any atom is -0.497 e. The molecule has 0 radical (unpaired) electrons. The largest absolute Gasteiger partial charge is 0.497 e. The summed E-state index contributed by atoms with van der Waals surface area (Å²) in [7, 11) is 1.64. The minimum absolute atomic E-state index is 0.106. The van der Waals surface area contributed by atoms with Gasteiger partial charge in [0, 0.05) is 22.2 Å². The number of pyridine rings is 1. The molecule has 0 unspecified atom stereocenters. The first kappa shape index (κ1) is 17.7. The number of rotatable bonds is 3.